The van der Waals surface area contributed by atoms with E-state index < -0.39 is 0 Å². The van der Waals surface area contributed by atoms with Crippen LogP contribution < -0.4 is 0 Å². The van der Waals surface area contributed by atoms with Crippen molar-refractivity contribution in [2.45, 2.75) is 26.3 Å². The smallest absolute Gasteiger partial charge is 0.278 e. The van der Waals surface area contributed by atoms with E-state index in [-0.39, 0.29) is 24.2 Å². The van der Waals surface area contributed by atoms with Crippen molar-refractivity contribution in [3.63, 3.8) is 0 Å². The van der Waals surface area contributed by atoms with Gasteiger partial charge < -0.3 is 4.90 Å². The number of likely N-dealkylation sites (tertiary alicyclic amines) is 1. The van der Waals surface area contributed by atoms with Gasteiger partial charge in [0.15, 0.2) is 0 Å². The summed E-state index contributed by atoms with van der Waals surface area (Å²) >= 11 is 0. The zero-order valence-electron chi connectivity index (χ0n) is 15.8. The molecule has 0 radical (unpaired) electrons. The molecule has 2 amide bonds. The summed E-state index contributed by atoms with van der Waals surface area (Å²) in [6.45, 7) is 3.83. The van der Waals surface area contributed by atoms with Crippen molar-refractivity contribution in [2.24, 2.45) is 5.92 Å². The Morgan fingerprint density at radius 3 is 2.46 bits per heavy atom. The highest BCUT2D eigenvalue weighted by molar-refractivity contribution is 6.35. The third-order valence-corrected chi connectivity index (χ3v) is 5.34. The van der Waals surface area contributed by atoms with Gasteiger partial charge in [0.1, 0.15) is 11.5 Å². The molecule has 2 aromatic rings. The van der Waals surface area contributed by atoms with Crippen LogP contribution in [0.2, 0.25) is 0 Å². The van der Waals surface area contributed by atoms with Crippen molar-refractivity contribution in [3.05, 3.63) is 71.4 Å². The van der Waals surface area contributed by atoms with E-state index in [1.54, 1.807) is 36.7 Å². The first-order chi connectivity index (χ1) is 13.5. The minimum atomic E-state index is -0.372. The number of aromatic nitrogens is 1. The number of rotatable bonds is 4. The van der Waals surface area contributed by atoms with Gasteiger partial charge >= 0.3 is 0 Å². The van der Waals surface area contributed by atoms with Crippen LogP contribution in [0.4, 0.5) is 4.39 Å². The van der Waals surface area contributed by atoms with Gasteiger partial charge in [0, 0.05) is 25.5 Å². The number of carbonyl (C=O) groups is 2. The number of imide groups is 1. The highest BCUT2D eigenvalue weighted by Crippen LogP contribution is 2.34. The van der Waals surface area contributed by atoms with Crippen LogP contribution in [0.5, 0.6) is 0 Å². The molecule has 1 saturated heterocycles. The Morgan fingerprint density at radius 1 is 1.07 bits per heavy atom. The second-order valence-corrected chi connectivity index (χ2v) is 7.48. The van der Waals surface area contributed by atoms with Crippen LogP contribution in [0.3, 0.4) is 0 Å². The lowest BCUT2D eigenvalue weighted by atomic mass is 9.98. The number of hydrogen-bond donors (Lipinski definition) is 0. The number of amides is 2. The fourth-order valence-electron chi connectivity index (χ4n) is 3.94. The molecule has 2 aliphatic heterocycles. The molecule has 1 aromatic carbocycles. The Hall–Kier alpha value is -3.02. The summed E-state index contributed by atoms with van der Waals surface area (Å²) < 4.78 is 13.4. The van der Waals surface area contributed by atoms with Gasteiger partial charge in [-0.15, -0.1) is 0 Å². The van der Waals surface area contributed by atoms with Gasteiger partial charge in [-0.3, -0.25) is 19.5 Å². The molecule has 1 aromatic heterocycles. The summed E-state index contributed by atoms with van der Waals surface area (Å²) in [5.41, 5.74) is 2.22. The Bertz CT molecular complexity index is 925. The van der Waals surface area contributed by atoms with Gasteiger partial charge in [-0.2, -0.15) is 0 Å². The molecule has 1 atom stereocenters. The van der Waals surface area contributed by atoms with Crippen LogP contribution in [-0.2, 0) is 16.1 Å². The maximum absolute atomic E-state index is 13.4. The van der Waals surface area contributed by atoms with E-state index in [2.05, 4.69) is 11.9 Å². The minimum Gasteiger partial charge on any atom is -0.366 e. The largest absolute Gasteiger partial charge is 0.366 e. The number of carbonyl (C=O) groups excluding carboxylic acids is 2. The number of benzene rings is 1. The fraction of sp³-hybridized carbons (Fsp3) is 0.318. The summed E-state index contributed by atoms with van der Waals surface area (Å²) in [5, 5.41) is 0. The first-order valence-electron chi connectivity index (χ1n) is 9.55. The molecule has 4 rings (SSSR count). The van der Waals surface area contributed by atoms with Crippen LogP contribution in [-0.4, -0.2) is 39.7 Å². The molecule has 0 bridgehead atoms. The first kappa shape index (κ1) is 18.3. The van der Waals surface area contributed by atoms with Crippen LogP contribution in [0.25, 0.3) is 5.57 Å². The van der Waals surface area contributed by atoms with E-state index in [0.717, 1.165) is 31.5 Å². The van der Waals surface area contributed by atoms with Gasteiger partial charge in [0.25, 0.3) is 11.8 Å². The number of halogens is 1. The molecule has 6 heteroatoms. The zero-order chi connectivity index (χ0) is 19.7. The fourth-order valence-corrected chi connectivity index (χ4v) is 3.94. The van der Waals surface area contributed by atoms with Crippen LogP contribution in [0.15, 0.2) is 54.5 Å². The van der Waals surface area contributed by atoms with E-state index in [1.807, 2.05) is 4.90 Å². The molecule has 0 aliphatic carbocycles. The third kappa shape index (κ3) is 3.42. The number of nitrogens with zero attached hydrogens (tertiary/aromatic N) is 3. The summed E-state index contributed by atoms with van der Waals surface area (Å²) in [4.78, 5) is 33.8. The molecule has 144 valence electrons. The Morgan fingerprint density at radius 2 is 1.79 bits per heavy atom. The predicted molar refractivity (Wildman–Crippen MR) is 103 cm³/mol. The van der Waals surface area contributed by atoms with E-state index in [0.29, 0.717) is 22.8 Å². The monoisotopic (exact) mass is 379 g/mol. The molecule has 0 saturated carbocycles. The number of piperidine rings is 1. The van der Waals surface area contributed by atoms with E-state index in [4.69, 9.17) is 0 Å². The van der Waals surface area contributed by atoms with E-state index in [1.165, 1.54) is 17.0 Å². The Balaban J connectivity index is 1.74. The average Bonchev–Trinajstić information content (AvgIpc) is 2.94. The van der Waals surface area contributed by atoms with Crippen LogP contribution in [0.1, 0.15) is 30.9 Å². The van der Waals surface area contributed by atoms with Crippen molar-refractivity contribution < 1.29 is 14.0 Å². The van der Waals surface area contributed by atoms with Gasteiger partial charge in [-0.25, -0.2) is 4.39 Å². The lowest BCUT2D eigenvalue weighted by Gasteiger charge is -2.33. The lowest BCUT2D eigenvalue weighted by molar-refractivity contribution is -0.138. The quantitative estimate of drug-likeness (QED) is 0.766. The molecular weight excluding hydrogens is 357 g/mol. The second-order valence-electron chi connectivity index (χ2n) is 7.48. The van der Waals surface area contributed by atoms with Gasteiger partial charge in [-0.1, -0.05) is 19.1 Å². The summed E-state index contributed by atoms with van der Waals surface area (Å²) in [5.74, 6) is -0.535. The van der Waals surface area contributed by atoms with Gasteiger partial charge in [0.05, 0.1) is 12.1 Å². The standard InChI is InChI=1S/C22H22FN3O2/c1-15-3-2-12-25(13-15)20-19(17-4-6-18(23)7-5-17)21(27)26(22(20)28)14-16-8-10-24-11-9-16/h4-11,15H,2-3,12-14H2,1H3. The minimum absolute atomic E-state index is 0.192. The molecule has 1 unspecified atom stereocenters. The van der Waals surface area contributed by atoms with Crippen LogP contribution in [0, 0.1) is 11.7 Å². The summed E-state index contributed by atoms with van der Waals surface area (Å²) in [7, 11) is 0. The van der Waals surface area contributed by atoms with Gasteiger partial charge in [-0.05, 0) is 54.2 Å². The second kappa shape index (κ2) is 7.54. The number of pyridine rings is 1. The van der Waals surface area contributed by atoms with E-state index >= 15 is 0 Å². The molecule has 0 N–H and O–H groups in total. The highest BCUT2D eigenvalue weighted by atomic mass is 19.1. The third-order valence-electron chi connectivity index (χ3n) is 5.34. The molecular formula is C22H22FN3O2. The average molecular weight is 379 g/mol. The molecule has 0 spiro atoms. The van der Waals surface area contributed by atoms with Gasteiger partial charge in [0.2, 0.25) is 0 Å². The van der Waals surface area contributed by atoms with Crippen molar-refractivity contribution in [1.82, 2.24) is 14.8 Å². The molecule has 5 nitrogen and oxygen atoms in total. The molecule has 3 heterocycles. The SMILES string of the molecule is CC1CCCN(C2=C(c3ccc(F)cc3)C(=O)N(Cc3ccncc3)C2=O)C1. The highest BCUT2D eigenvalue weighted by Gasteiger charge is 2.42. The van der Waals surface area contributed by atoms with Crippen LogP contribution >= 0.6 is 0 Å². The van der Waals surface area contributed by atoms with Crippen molar-refractivity contribution in [2.75, 3.05) is 13.1 Å². The Kier molecular flexibility index (Phi) is 4.94. The Labute approximate surface area is 163 Å². The molecule has 28 heavy (non-hydrogen) atoms. The normalized spacial score (nSPS) is 20.3. The zero-order valence-corrected chi connectivity index (χ0v) is 15.8. The molecule has 2 aliphatic rings. The summed E-state index contributed by atoms with van der Waals surface area (Å²) in [6.07, 6.45) is 5.37. The molecule has 1 fully saturated rings. The maximum atomic E-state index is 13.4. The van der Waals surface area contributed by atoms with E-state index in [9.17, 15) is 14.0 Å². The predicted octanol–water partition coefficient (Wildman–Crippen LogP) is 3.23. The maximum Gasteiger partial charge on any atom is 0.278 e. The first-order valence-corrected chi connectivity index (χ1v) is 9.55. The van der Waals surface area contributed by atoms with Crippen molar-refractivity contribution in [3.8, 4) is 0 Å². The summed E-state index contributed by atoms with van der Waals surface area (Å²) in [6, 6.07) is 9.36. The van der Waals surface area contributed by atoms with Crippen molar-refractivity contribution in [1.29, 1.82) is 0 Å². The lowest BCUT2D eigenvalue weighted by Crippen LogP contribution is -2.39. The number of hydrogen-bond acceptors (Lipinski definition) is 4. The topological polar surface area (TPSA) is 53.5 Å². The van der Waals surface area contributed by atoms with Crippen molar-refractivity contribution >= 4 is 17.4 Å².